The van der Waals surface area contributed by atoms with Gasteiger partial charge in [-0.1, -0.05) is 15.9 Å². The van der Waals surface area contributed by atoms with Crippen molar-refractivity contribution in [3.63, 3.8) is 0 Å². The van der Waals surface area contributed by atoms with E-state index in [1.807, 2.05) is 12.1 Å². The van der Waals surface area contributed by atoms with Gasteiger partial charge < -0.3 is 10.6 Å². The maximum atomic E-state index is 12.0. The highest BCUT2D eigenvalue weighted by molar-refractivity contribution is 9.10. The number of hydrogen-bond acceptors (Lipinski definition) is 2. The average Bonchev–Trinajstić information content (AvgIpc) is 2.48. The van der Waals surface area contributed by atoms with Crippen LogP contribution in [0.3, 0.4) is 0 Å². The van der Waals surface area contributed by atoms with E-state index in [2.05, 4.69) is 26.6 Å². The first-order valence-electron chi connectivity index (χ1n) is 5.99. The monoisotopic (exact) mass is 332 g/mol. The highest BCUT2D eigenvalue weighted by Crippen LogP contribution is 2.14. The lowest BCUT2D eigenvalue weighted by molar-refractivity contribution is 0.0962. The lowest BCUT2D eigenvalue weighted by Crippen LogP contribution is -2.17. The van der Waals surface area contributed by atoms with E-state index in [0.29, 0.717) is 16.8 Å². The number of benzene rings is 2. The van der Waals surface area contributed by atoms with Crippen LogP contribution < -0.4 is 10.6 Å². The molecular weight excluding hydrogens is 320 g/mol. The van der Waals surface area contributed by atoms with Crippen LogP contribution in [0.5, 0.6) is 0 Å². The van der Waals surface area contributed by atoms with Crippen molar-refractivity contribution in [3.8, 4) is 0 Å². The highest BCUT2D eigenvalue weighted by Gasteiger charge is 2.07. The Morgan fingerprint density at radius 3 is 1.90 bits per heavy atom. The predicted octanol–water partition coefficient (Wildman–Crippen LogP) is 3.06. The lowest BCUT2D eigenvalue weighted by Gasteiger charge is -2.06. The molecule has 0 atom stereocenters. The van der Waals surface area contributed by atoms with Crippen LogP contribution in [0.4, 0.5) is 5.69 Å². The van der Waals surface area contributed by atoms with Gasteiger partial charge in [-0.15, -0.1) is 0 Å². The molecule has 4 nitrogen and oxygen atoms in total. The fraction of sp³-hybridized carbons (Fsp3) is 0.0667. The summed E-state index contributed by atoms with van der Waals surface area (Å²) >= 11 is 3.32. The number of carbonyl (C=O) groups is 2. The normalized spacial score (nSPS) is 9.90. The average molecular weight is 333 g/mol. The Labute approximate surface area is 125 Å². The Bertz CT molecular complexity index is 621. The Balaban J connectivity index is 2.08. The number of hydrogen-bond donors (Lipinski definition) is 2. The number of carbonyl (C=O) groups excluding carboxylic acids is 2. The molecule has 0 saturated carbocycles. The third-order valence-electron chi connectivity index (χ3n) is 2.74. The standard InChI is InChI=1S/C15H13BrN2O2/c1-17-14(19)10-4-8-13(9-5-10)18-15(20)11-2-6-12(16)7-3-11/h2-9H,1H3,(H,17,19)(H,18,20). The SMILES string of the molecule is CNC(=O)c1ccc(NC(=O)c2ccc(Br)cc2)cc1. The molecule has 0 heterocycles. The fourth-order valence-electron chi connectivity index (χ4n) is 1.65. The Hall–Kier alpha value is -2.14. The van der Waals surface area contributed by atoms with Crippen molar-refractivity contribution >= 4 is 33.4 Å². The van der Waals surface area contributed by atoms with Crippen LogP contribution in [0.1, 0.15) is 20.7 Å². The summed E-state index contributed by atoms with van der Waals surface area (Å²) in [4.78, 5) is 23.4. The van der Waals surface area contributed by atoms with E-state index in [4.69, 9.17) is 0 Å². The first-order chi connectivity index (χ1) is 9.60. The van der Waals surface area contributed by atoms with Gasteiger partial charge in [0.25, 0.3) is 11.8 Å². The first-order valence-corrected chi connectivity index (χ1v) is 6.78. The van der Waals surface area contributed by atoms with Crippen LogP contribution in [0.2, 0.25) is 0 Å². The van der Waals surface area contributed by atoms with E-state index in [1.54, 1.807) is 43.4 Å². The minimum Gasteiger partial charge on any atom is -0.355 e. The minimum absolute atomic E-state index is 0.157. The zero-order valence-corrected chi connectivity index (χ0v) is 12.4. The molecule has 5 heteroatoms. The topological polar surface area (TPSA) is 58.2 Å². The zero-order chi connectivity index (χ0) is 14.5. The van der Waals surface area contributed by atoms with Crippen molar-refractivity contribution in [3.05, 3.63) is 64.1 Å². The highest BCUT2D eigenvalue weighted by atomic mass is 79.9. The van der Waals surface area contributed by atoms with Crippen LogP contribution in [0, 0.1) is 0 Å². The summed E-state index contributed by atoms with van der Waals surface area (Å²) in [6, 6.07) is 13.8. The van der Waals surface area contributed by atoms with Gasteiger partial charge in [-0.25, -0.2) is 0 Å². The second kappa shape index (κ2) is 6.34. The summed E-state index contributed by atoms with van der Waals surface area (Å²) in [5.74, 6) is -0.346. The van der Waals surface area contributed by atoms with E-state index in [0.717, 1.165) is 4.47 Å². The second-order valence-electron chi connectivity index (χ2n) is 4.12. The van der Waals surface area contributed by atoms with Crippen LogP contribution in [-0.2, 0) is 0 Å². The quantitative estimate of drug-likeness (QED) is 0.907. The summed E-state index contributed by atoms with van der Waals surface area (Å²) in [5, 5.41) is 5.32. The van der Waals surface area contributed by atoms with Gasteiger partial charge in [-0.2, -0.15) is 0 Å². The fourth-order valence-corrected chi connectivity index (χ4v) is 1.92. The smallest absolute Gasteiger partial charge is 0.255 e. The van der Waals surface area contributed by atoms with Crippen LogP contribution >= 0.6 is 15.9 Å². The van der Waals surface area contributed by atoms with Crippen molar-refractivity contribution < 1.29 is 9.59 Å². The molecule has 102 valence electrons. The third kappa shape index (κ3) is 3.45. The molecule has 0 aliphatic heterocycles. The van der Waals surface area contributed by atoms with Gasteiger partial charge in [0, 0.05) is 28.3 Å². The van der Waals surface area contributed by atoms with Gasteiger partial charge >= 0.3 is 0 Å². The number of nitrogens with one attached hydrogen (secondary N) is 2. The van der Waals surface area contributed by atoms with Gasteiger partial charge in [-0.05, 0) is 48.5 Å². The largest absolute Gasteiger partial charge is 0.355 e. The van der Waals surface area contributed by atoms with Gasteiger partial charge in [0.2, 0.25) is 0 Å². The van der Waals surface area contributed by atoms with E-state index in [-0.39, 0.29) is 11.8 Å². The predicted molar refractivity (Wildman–Crippen MR) is 81.9 cm³/mol. The van der Waals surface area contributed by atoms with Gasteiger partial charge in [0.1, 0.15) is 0 Å². The molecule has 0 aromatic heterocycles. The van der Waals surface area contributed by atoms with Crippen LogP contribution in [-0.4, -0.2) is 18.9 Å². The summed E-state index contributed by atoms with van der Waals surface area (Å²) in [6.45, 7) is 0. The summed E-state index contributed by atoms with van der Waals surface area (Å²) in [6.07, 6.45) is 0. The minimum atomic E-state index is -0.190. The molecule has 2 N–H and O–H groups in total. The maximum Gasteiger partial charge on any atom is 0.255 e. The second-order valence-corrected chi connectivity index (χ2v) is 5.03. The Morgan fingerprint density at radius 2 is 1.35 bits per heavy atom. The molecule has 20 heavy (non-hydrogen) atoms. The molecule has 0 aliphatic carbocycles. The Kier molecular flexibility index (Phi) is 4.53. The third-order valence-corrected chi connectivity index (χ3v) is 3.27. The summed E-state index contributed by atoms with van der Waals surface area (Å²) < 4.78 is 0.920. The summed E-state index contributed by atoms with van der Waals surface area (Å²) in [5.41, 5.74) is 1.77. The molecule has 2 aromatic carbocycles. The lowest BCUT2D eigenvalue weighted by atomic mass is 10.1. The van der Waals surface area contributed by atoms with Crippen LogP contribution in [0.15, 0.2) is 53.0 Å². The number of anilines is 1. The molecule has 2 aromatic rings. The van der Waals surface area contributed by atoms with Gasteiger partial charge in [0.05, 0.1) is 0 Å². The van der Waals surface area contributed by atoms with E-state index in [9.17, 15) is 9.59 Å². The number of amides is 2. The first kappa shape index (κ1) is 14.3. The molecule has 0 aliphatic rings. The van der Waals surface area contributed by atoms with Crippen molar-refractivity contribution in [2.24, 2.45) is 0 Å². The zero-order valence-electron chi connectivity index (χ0n) is 10.8. The number of halogens is 1. The molecule has 0 bridgehead atoms. The van der Waals surface area contributed by atoms with Crippen molar-refractivity contribution in [2.75, 3.05) is 12.4 Å². The molecular formula is C15H13BrN2O2. The molecule has 2 amide bonds. The molecule has 2 rings (SSSR count). The molecule has 0 radical (unpaired) electrons. The van der Waals surface area contributed by atoms with Gasteiger partial charge in [0.15, 0.2) is 0 Å². The Morgan fingerprint density at radius 1 is 0.850 bits per heavy atom. The van der Waals surface area contributed by atoms with Crippen molar-refractivity contribution in [2.45, 2.75) is 0 Å². The van der Waals surface area contributed by atoms with E-state index < -0.39 is 0 Å². The maximum absolute atomic E-state index is 12.0. The molecule has 0 spiro atoms. The molecule has 0 fully saturated rings. The molecule has 0 saturated heterocycles. The summed E-state index contributed by atoms with van der Waals surface area (Å²) in [7, 11) is 1.57. The van der Waals surface area contributed by atoms with Crippen LogP contribution in [0.25, 0.3) is 0 Å². The van der Waals surface area contributed by atoms with Gasteiger partial charge in [-0.3, -0.25) is 9.59 Å². The van der Waals surface area contributed by atoms with Crippen molar-refractivity contribution in [1.29, 1.82) is 0 Å². The van der Waals surface area contributed by atoms with Crippen molar-refractivity contribution in [1.82, 2.24) is 5.32 Å². The van der Waals surface area contributed by atoms with E-state index in [1.165, 1.54) is 0 Å². The number of rotatable bonds is 3. The molecule has 0 unspecified atom stereocenters. The van der Waals surface area contributed by atoms with E-state index >= 15 is 0 Å².